The molecular weight excluding hydrogens is 160 g/mol. The van der Waals surface area contributed by atoms with Crippen LogP contribution in [0, 0.1) is 10.1 Å². The zero-order chi connectivity index (χ0) is 8.15. The highest BCUT2D eigenvalue weighted by atomic mass is 32.1. The molecule has 2 N–H and O–H groups in total. The van der Waals surface area contributed by atoms with Crippen molar-refractivity contribution in [2.24, 2.45) is 0 Å². The predicted octanol–water partition coefficient (Wildman–Crippen LogP) is -0.849. The average Bonchev–Trinajstić information content (AvgIpc) is 1.81. The van der Waals surface area contributed by atoms with Crippen molar-refractivity contribution < 1.29 is 14.9 Å². The van der Waals surface area contributed by atoms with Gasteiger partial charge >= 0.3 is 5.97 Å². The summed E-state index contributed by atoms with van der Waals surface area (Å²) in [5.41, 5.74) is 1.58. The molecule has 0 heterocycles. The lowest BCUT2D eigenvalue weighted by Crippen LogP contribution is -2.41. The summed E-state index contributed by atoms with van der Waals surface area (Å²) in [6.45, 7) is 0. The maximum absolute atomic E-state index is 10.1. The molecule has 0 fully saturated rings. The number of aliphatic carboxylic acids is 1. The van der Waals surface area contributed by atoms with E-state index in [0.29, 0.717) is 0 Å². The summed E-state index contributed by atoms with van der Waals surface area (Å²) in [4.78, 5) is 19.7. The molecule has 6 nitrogen and oxygen atoms in total. The van der Waals surface area contributed by atoms with Crippen LogP contribution >= 0.6 is 12.6 Å². The molecule has 0 rings (SSSR count). The van der Waals surface area contributed by atoms with E-state index in [1.165, 1.54) is 0 Å². The summed E-state index contributed by atoms with van der Waals surface area (Å²) in [6.07, 6.45) is 0. The molecule has 0 aromatic rings. The molecule has 0 aromatic heterocycles. The van der Waals surface area contributed by atoms with Crippen LogP contribution in [0.3, 0.4) is 0 Å². The molecule has 1 atom stereocenters. The van der Waals surface area contributed by atoms with Crippen LogP contribution in [0.4, 0.5) is 0 Å². The molecule has 0 saturated heterocycles. The number of nitrogens with one attached hydrogen (secondary N) is 1. The Morgan fingerprint density at radius 2 is 2.40 bits per heavy atom. The lowest BCUT2D eigenvalue weighted by molar-refractivity contribution is -0.547. The van der Waals surface area contributed by atoms with Crippen molar-refractivity contribution in [1.29, 1.82) is 0 Å². The molecule has 0 bridgehead atoms. The van der Waals surface area contributed by atoms with E-state index >= 15 is 0 Å². The third kappa shape index (κ3) is 3.13. The minimum Gasteiger partial charge on any atom is -0.480 e. The van der Waals surface area contributed by atoms with Crippen LogP contribution in [0.1, 0.15) is 0 Å². The molecule has 0 aliphatic carbocycles. The largest absolute Gasteiger partial charge is 0.480 e. The number of rotatable bonds is 4. The molecule has 7 heteroatoms. The third-order valence-corrected chi connectivity index (χ3v) is 1.11. The SMILES string of the molecule is O=C(O)C(CS)N[N+](=O)[O-]. The number of carboxylic acids is 1. The van der Waals surface area contributed by atoms with Gasteiger partial charge in [-0.05, 0) is 0 Å². The van der Waals surface area contributed by atoms with Crippen molar-refractivity contribution in [2.45, 2.75) is 6.04 Å². The fraction of sp³-hybridized carbons (Fsp3) is 0.667. The van der Waals surface area contributed by atoms with Gasteiger partial charge in [0.1, 0.15) is 0 Å². The number of hydrazine groups is 1. The predicted molar refractivity (Wildman–Crippen MR) is 35.4 cm³/mol. The normalized spacial score (nSPS) is 12.1. The lowest BCUT2D eigenvalue weighted by atomic mass is 10.4. The topological polar surface area (TPSA) is 92.5 Å². The number of thiol groups is 1. The van der Waals surface area contributed by atoms with Crippen LogP contribution in [0.25, 0.3) is 0 Å². The Balaban J connectivity index is 3.83. The zero-order valence-corrected chi connectivity index (χ0v) is 5.75. The van der Waals surface area contributed by atoms with Crippen LogP contribution in [-0.4, -0.2) is 27.9 Å². The number of hydrogen-bond donors (Lipinski definition) is 3. The molecule has 0 aliphatic rings. The summed E-state index contributed by atoms with van der Waals surface area (Å²) < 4.78 is 0. The van der Waals surface area contributed by atoms with Crippen molar-refractivity contribution in [2.75, 3.05) is 5.75 Å². The quantitative estimate of drug-likeness (QED) is 0.287. The average molecular weight is 166 g/mol. The Morgan fingerprint density at radius 3 is 2.50 bits per heavy atom. The lowest BCUT2D eigenvalue weighted by Gasteiger charge is -2.03. The third-order valence-electron chi connectivity index (χ3n) is 0.742. The van der Waals surface area contributed by atoms with Crippen molar-refractivity contribution in [3.05, 3.63) is 10.1 Å². The first-order chi connectivity index (χ1) is 4.57. The van der Waals surface area contributed by atoms with E-state index in [-0.39, 0.29) is 5.75 Å². The summed E-state index contributed by atoms with van der Waals surface area (Å²) in [5, 5.41) is 17.0. The van der Waals surface area contributed by atoms with Gasteiger partial charge in [-0.2, -0.15) is 12.6 Å². The van der Waals surface area contributed by atoms with E-state index in [0.717, 1.165) is 0 Å². The highest BCUT2D eigenvalue weighted by Gasteiger charge is 2.19. The Labute approximate surface area is 61.8 Å². The number of carboxylic acid groups (broad SMARTS) is 1. The van der Waals surface area contributed by atoms with E-state index in [4.69, 9.17) is 5.11 Å². The summed E-state index contributed by atoms with van der Waals surface area (Å²) in [5.74, 6) is -1.40. The summed E-state index contributed by atoms with van der Waals surface area (Å²) >= 11 is 3.58. The van der Waals surface area contributed by atoms with Gasteiger partial charge in [-0.1, -0.05) is 0 Å². The van der Waals surface area contributed by atoms with Gasteiger partial charge < -0.3 is 5.11 Å². The molecule has 10 heavy (non-hydrogen) atoms. The van der Waals surface area contributed by atoms with Crippen molar-refractivity contribution >= 4 is 18.6 Å². The highest BCUT2D eigenvalue weighted by Crippen LogP contribution is 1.86. The fourth-order valence-electron chi connectivity index (χ4n) is 0.301. The van der Waals surface area contributed by atoms with Gasteiger partial charge in [-0.3, -0.25) is 0 Å². The Hall–Kier alpha value is -0.980. The number of nitro groups is 1. The van der Waals surface area contributed by atoms with Crippen molar-refractivity contribution in [1.82, 2.24) is 5.43 Å². The fourth-order valence-corrected chi connectivity index (χ4v) is 0.539. The van der Waals surface area contributed by atoms with Gasteiger partial charge in [0.05, 0.1) is 0 Å². The van der Waals surface area contributed by atoms with Gasteiger partial charge in [0, 0.05) is 5.75 Å². The van der Waals surface area contributed by atoms with Crippen LogP contribution in [0.5, 0.6) is 0 Å². The minimum absolute atomic E-state index is 0.115. The number of hydrogen-bond acceptors (Lipinski definition) is 4. The van der Waals surface area contributed by atoms with Crippen LogP contribution in [0.2, 0.25) is 0 Å². The van der Waals surface area contributed by atoms with Gasteiger partial charge in [-0.25, -0.2) is 14.9 Å². The van der Waals surface area contributed by atoms with Gasteiger partial charge in [0.2, 0.25) is 0 Å². The van der Waals surface area contributed by atoms with Crippen LogP contribution in [-0.2, 0) is 4.79 Å². The zero-order valence-electron chi connectivity index (χ0n) is 4.85. The van der Waals surface area contributed by atoms with Crippen LogP contribution in [0.15, 0.2) is 0 Å². The summed E-state index contributed by atoms with van der Waals surface area (Å²) in [6, 6.07) is -1.22. The molecule has 0 amide bonds. The first-order valence-electron chi connectivity index (χ1n) is 2.32. The smallest absolute Gasteiger partial charge is 0.332 e. The van der Waals surface area contributed by atoms with E-state index in [2.05, 4.69) is 12.6 Å². The van der Waals surface area contributed by atoms with Gasteiger partial charge in [0.25, 0.3) is 0 Å². The molecular formula is C3H6N2O4S. The van der Waals surface area contributed by atoms with E-state index < -0.39 is 17.0 Å². The Kier molecular flexibility index (Phi) is 3.55. The maximum atomic E-state index is 10.1. The van der Waals surface area contributed by atoms with Gasteiger partial charge in [-0.15, -0.1) is 5.43 Å². The second kappa shape index (κ2) is 3.94. The molecule has 0 spiro atoms. The van der Waals surface area contributed by atoms with E-state index in [1.54, 1.807) is 5.43 Å². The monoisotopic (exact) mass is 166 g/mol. The second-order valence-corrected chi connectivity index (χ2v) is 1.82. The van der Waals surface area contributed by atoms with Crippen LogP contribution < -0.4 is 5.43 Å². The molecule has 58 valence electrons. The first-order valence-corrected chi connectivity index (χ1v) is 2.95. The number of nitrogens with zero attached hydrogens (tertiary/aromatic N) is 1. The Morgan fingerprint density at radius 1 is 1.90 bits per heavy atom. The Bertz CT molecular complexity index is 149. The van der Waals surface area contributed by atoms with Gasteiger partial charge in [0.15, 0.2) is 11.1 Å². The van der Waals surface area contributed by atoms with Crippen molar-refractivity contribution in [3.8, 4) is 0 Å². The molecule has 0 saturated carbocycles. The minimum atomic E-state index is -1.29. The van der Waals surface area contributed by atoms with Crippen molar-refractivity contribution in [3.63, 3.8) is 0 Å². The highest BCUT2D eigenvalue weighted by molar-refractivity contribution is 7.80. The van der Waals surface area contributed by atoms with E-state index in [9.17, 15) is 14.9 Å². The van der Waals surface area contributed by atoms with E-state index in [1.807, 2.05) is 0 Å². The first kappa shape index (κ1) is 9.02. The summed E-state index contributed by atoms with van der Waals surface area (Å²) in [7, 11) is 0. The molecule has 1 unspecified atom stereocenters. The number of carbonyl (C=O) groups is 1. The molecule has 0 aromatic carbocycles. The maximum Gasteiger partial charge on any atom is 0.332 e. The molecule has 0 radical (unpaired) electrons. The second-order valence-electron chi connectivity index (χ2n) is 1.46. The molecule has 0 aliphatic heterocycles. The standard InChI is InChI=1S/C3H6N2O4S/c6-3(7)2(1-10)4-5(8)9/h2,4,10H,1H2,(H,6,7).